The summed E-state index contributed by atoms with van der Waals surface area (Å²) in [4.78, 5) is 2.40. The minimum atomic E-state index is -0.176. The van der Waals surface area contributed by atoms with Gasteiger partial charge in [0.1, 0.15) is 5.82 Å². The Bertz CT molecular complexity index is 405. The molecule has 0 aromatic heterocycles. The molecule has 1 aliphatic rings. The third kappa shape index (κ3) is 3.75. The first-order chi connectivity index (χ1) is 9.22. The zero-order valence-electron chi connectivity index (χ0n) is 11.5. The van der Waals surface area contributed by atoms with Crippen LogP contribution in [0.3, 0.4) is 0 Å². The summed E-state index contributed by atoms with van der Waals surface area (Å²) >= 11 is 0. The standard InChI is InChI=1S/C15H23FN2O/c1-12-4-5-13(16)11-14(12)15(3-2-10-19)18-8-6-17-7-9-18/h4-5,11,15,17,19H,2-3,6-10H2,1H3/t15-/m0/s1. The molecule has 106 valence electrons. The number of halogens is 1. The van der Waals surface area contributed by atoms with Gasteiger partial charge < -0.3 is 10.4 Å². The van der Waals surface area contributed by atoms with Gasteiger partial charge in [-0.05, 0) is 43.0 Å². The molecule has 2 rings (SSSR count). The van der Waals surface area contributed by atoms with E-state index in [2.05, 4.69) is 10.2 Å². The van der Waals surface area contributed by atoms with E-state index < -0.39 is 0 Å². The summed E-state index contributed by atoms with van der Waals surface area (Å²) in [6.07, 6.45) is 1.63. The molecule has 0 bridgehead atoms. The van der Waals surface area contributed by atoms with Gasteiger partial charge in [0.05, 0.1) is 0 Å². The van der Waals surface area contributed by atoms with Crippen LogP contribution < -0.4 is 5.32 Å². The fourth-order valence-corrected chi connectivity index (χ4v) is 2.78. The lowest BCUT2D eigenvalue weighted by atomic mass is 9.95. The van der Waals surface area contributed by atoms with Gasteiger partial charge in [-0.2, -0.15) is 0 Å². The van der Waals surface area contributed by atoms with Crippen molar-refractivity contribution >= 4 is 0 Å². The number of piperazine rings is 1. The van der Waals surface area contributed by atoms with Crippen LogP contribution in [0.5, 0.6) is 0 Å². The zero-order chi connectivity index (χ0) is 13.7. The second kappa shape index (κ2) is 6.98. The first-order valence-corrected chi connectivity index (χ1v) is 7.04. The van der Waals surface area contributed by atoms with E-state index in [1.807, 2.05) is 13.0 Å². The van der Waals surface area contributed by atoms with Crippen molar-refractivity contribution in [2.45, 2.75) is 25.8 Å². The second-order valence-corrected chi connectivity index (χ2v) is 5.17. The summed E-state index contributed by atoms with van der Waals surface area (Å²) in [7, 11) is 0. The van der Waals surface area contributed by atoms with Gasteiger partial charge in [0.2, 0.25) is 0 Å². The molecule has 1 fully saturated rings. The van der Waals surface area contributed by atoms with Crippen LogP contribution in [-0.4, -0.2) is 42.8 Å². The number of aliphatic hydroxyl groups is 1. The third-order valence-corrected chi connectivity index (χ3v) is 3.83. The van der Waals surface area contributed by atoms with E-state index in [0.29, 0.717) is 0 Å². The van der Waals surface area contributed by atoms with Crippen molar-refractivity contribution in [2.24, 2.45) is 0 Å². The smallest absolute Gasteiger partial charge is 0.123 e. The summed E-state index contributed by atoms with van der Waals surface area (Å²) < 4.78 is 13.5. The van der Waals surface area contributed by atoms with Gasteiger partial charge in [-0.1, -0.05) is 6.07 Å². The SMILES string of the molecule is Cc1ccc(F)cc1[C@H](CCCO)N1CCNCC1. The number of hydrogen-bond acceptors (Lipinski definition) is 3. The van der Waals surface area contributed by atoms with Crippen molar-refractivity contribution in [1.29, 1.82) is 0 Å². The van der Waals surface area contributed by atoms with Crippen LogP contribution in [0.2, 0.25) is 0 Å². The monoisotopic (exact) mass is 266 g/mol. The molecule has 1 aliphatic heterocycles. The van der Waals surface area contributed by atoms with Crippen LogP contribution >= 0.6 is 0 Å². The van der Waals surface area contributed by atoms with Gasteiger partial charge in [0.15, 0.2) is 0 Å². The summed E-state index contributed by atoms with van der Waals surface area (Å²) in [6.45, 7) is 6.13. The number of hydrogen-bond donors (Lipinski definition) is 2. The largest absolute Gasteiger partial charge is 0.396 e. The average molecular weight is 266 g/mol. The van der Waals surface area contributed by atoms with Crippen LogP contribution in [0.1, 0.15) is 30.0 Å². The van der Waals surface area contributed by atoms with Crippen molar-refractivity contribution < 1.29 is 9.50 Å². The molecule has 3 nitrogen and oxygen atoms in total. The Morgan fingerprint density at radius 1 is 1.37 bits per heavy atom. The average Bonchev–Trinajstić information content (AvgIpc) is 2.44. The fourth-order valence-electron chi connectivity index (χ4n) is 2.78. The summed E-state index contributed by atoms with van der Waals surface area (Å²) in [6, 6.07) is 5.22. The Morgan fingerprint density at radius 2 is 2.11 bits per heavy atom. The van der Waals surface area contributed by atoms with Gasteiger partial charge in [-0.15, -0.1) is 0 Å². The maximum atomic E-state index is 13.5. The molecule has 0 amide bonds. The van der Waals surface area contributed by atoms with Gasteiger partial charge in [-0.25, -0.2) is 4.39 Å². The summed E-state index contributed by atoms with van der Waals surface area (Å²) in [5, 5.41) is 12.4. The Balaban J connectivity index is 2.22. The molecule has 1 heterocycles. The van der Waals surface area contributed by atoms with E-state index >= 15 is 0 Å². The maximum absolute atomic E-state index is 13.5. The summed E-state index contributed by atoms with van der Waals surface area (Å²) in [5.41, 5.74) is 2.19. The third-order valence-electron chi connectivity index (χ3n) is 3.83. The normalized spacial score (nSPS) is 18.5. The van der Waals surface area contributed by atoms with E-state index in [4.69, 9.17) is 5.11 Å². The number of rotatable bonds is 5. The van der Waals surface area contributed by atoms with Crippen LogP contribution in [0.25, 0.3) is 0 Å². The van der Waals surface area contributed by atoms with E-state index in [1.54, 1.807) is 6.07 Å². The Labute approximate surface area is 114 Å². The second-order valence-electron chi connectivity index (χ2n) is 5.17. The molecular weight excluding hydrogens is 243 g/mol. The quantitative estimate of drug-likeness (QED) is 0.854. The van der Waals surface area contributed by atoms with Gasteiger partial charge in [-0.3, -0.25) is 4.90 Å². The van der Waals surface area contributed by atoms with Crippen LogP contribution in [0.15, 0.2) is 18.2 Å². The van der Waals surface area contributed by atoms with Gasteiger partial charge >= 0.3 is 0 Å². The molecule has 0 saturated carbocycles. The van der Waals surface area contributed by atoms with E-state index in [9.17, 15) is 4.39 Å². The highest BCUT2D eigenvalue weighted by molar-refractivity contribution is 5.29. The minimum Gasteiger partial charge on any atom is -0.396 e. The molecule has 4 heteroatoms. The molecule has 0 radical (unpaired) electrons. The molecule has 2 N–H and O–H groups in total. The molecule has 1 atom stereocenters. The van der Waals surface area contributed by atoms with E-state index in [0.717, 1.165) is 50.1 Å². The molecule has 0 aliphatic carbocycles. The van der Waals surface area contributed by atoms with E-state index in [-0.39, 0.29) is 18.5 Å². The molecule has 1 saturated heterocycles. The Kier molecular flexibility index (Phi) is 5.31. The van der Waals surface area contributed by atoms with Crippen molar-refractivity contribution in [1.82, 2.24) is 10.2 Å². The lowest BCUT2D eigenvalue weighted by Gasteiger charge is -2.36. The summed E-state index contributed by atoms with van der Waals surface area (Å²) in [5.74, 6) is -0.176. The molecule has 0 spiro atoms. The number of aliphatic hydroxyl groups excluding tert-OH is 1. The van der Waals surface area contributed by atoms with E-state index in [1.165, 1.54) is 6.07 Å². The number of nitrogens with one attached hydrogen (secondary N) is 1. The number of benzene rings is 1. The first kappa shape index (κ1) is 14.4. The Hall–Kier alpha value is -0.970. The highest BCUT2D eigenvalue weighted by Crippen LogP contribution is 2.29. The predicted molar refractivity (Wildman–Crippen MR) is 74.6 cm³/mol. The number of aryl methyl sites for hydroxylation is 1. The van der Waals surface area contributed by atoms with Gasteiger partial charge in [0.25, 0.3) is 0 Å². The van der Waals surface area contributed by atoms with Crippen LogP contribution in [0.4, 0.5) is 4.39 Å². The molecule has 19 heavy (non-hydrogen) atoms. The highest BCUT2D eigenvalue weighted by Gasteiger charge is 2.23. The predicted octanol–water partition coefficient (Wildman–Crippen LogP) is 1.85. The molecule has 1 aromatic rings. The van der Waals surface area contributed by atoms with Crippen molar-refractivity contribution in [2.75, 3.05) is 32.8 Å². The van der Waals surface area contributed by atoms with Crippen molar-refractivity contribution in [3.8, 4) is 0 Å². The van der Waals surface area contributed by atoms with Crippen molar-refractivity contribution in [3.63, 3.8) is 0 Å². The fraction of sp³-hybridized carbons (Fsp3) is 0.600. The molecular formula is C15H23FN2O. The molecule has 1 aromatic carbocycles. The highest BCUT2D eigenvalue weighted by atomic mass is 19.1. The van der Waals surface area contributed by atoms with Gasteiger partial charge in [0, 0.05) is 38.8 Å². The lowest BCUT2D eigenvalue weighted by molar-refractivity contribution is 0.154. The lowest BCUT2D eigenvalue weighted by Crippen LogP contribution is -2.45. The Morgan fingerprint density at radius 3 is 2.79 bits per heavy atom. The maximum Gasteiger partial charge on any atom is 0.123 e. The first-order valence-electron chi connectivity index (χ1n) is 7.04. The van der Waals surface area contributed by atoms with Crippen LogP contribution in [-0.2, 0) is 0 Å². The van der Waals surface area contributed by atoms with Crippen LogP contribution in [0, 0.1) is 12.7 Å². The topological polar surface area (TPSA) is 35.5 Å². The number of nitrogens with zero attached hydrogens (tertiary/aromatic N) is 1. The molecule has 0 unspecified atom stereocenters. The van der Waals surface area contributed by atoms with Crippen molar-refractivity contribution in [3.05, 3.63) is 35.1 Å². The zero-order valence-corrected chi connectivity index (χ0v) is 11.5. The minimum absolute atomic E-state index is 0.176.